The van der Waals surface area contributed by atoms with E-state index in [0.717, 1.165) is 16.5 Å². The van der Waals surface area contributed by atoms with Gasteiger partial charge in [-0.2, -0.15) is 5.26 Å². The molecule has 0 aliphatic heterocycles. The predicted molar refractivity (Wildman–Crippen MR) is 49.0 cm³/mol. The van der Waals surface area contributed by atoms with Gasteiger partial charge in [0, 0.05) is 24.0 Å². The van der Waals surface area contributed by atoms with E-state index in [4.69, 9.17) is 5.26 Å². The Bertz CT molecular complexity index is 497. The van der Waals surface area contributed by atoms with Gasteiger partial charge in [0.15, 0.2) is 0 Å². The van der Waals surface area contributed by atoms with Crippen molar-refractivity contribution in [3.63, 3.8) is 0 Å². The molecule has 0 aromatic carbocycles. The largest absolute Gasteiger partial charge is 0.264 e. The first-order chi connectivity index (χ1) is 6.31. The molecule has 0 atom stereocenters. The van der Waals surface area contributed by atoms with Crippen LogP contribution in [0.1, 0.15) is 11.1 Å². The van der Waals surface area contributed by atoms with Crippen molar-refractivity contribution in [3.8, 4) is 6.07 Å². The molecule has 0 radical (unpaired) electrons. The second kappa shape index (κ2) is 2.83. The molecule has 62 valence electrons. The van der Waals surface area contributed by atoms with Gasteiger partial charge in [-0.25, -0.2) is 0 Å². The molecule has 3 heteroatoms. The van der Waals surface area contributed by atoms with Gasteiger partial charge in [0.1, 0.15) is 6.07 Å². The van der Waals surface area contributed by atoms with E-state index >= 15 is 0 Å². The minimum absolute atomic E-state index is 0.569. The highest BCUT2D eigenvalue weighted by Crippen LogP contribution is 2.14. The Balaban J connectivity index is 2.82. The molecular weight excluding hydrogens is 162 g/mol. The highest BCUT2D eigenvalue weighted by Gasteiger charge is 1.99. The van der Waals surface area contributed by atoms with Gasteiger partial charge in [-0.15, -0.1) is 0 Å². The standard InChI is InChI=1S/C10H7N3/c1-7-4-12-6-9-2-8(3-11)5-13-10(7)9/h2,4-6H,1H3. The van der Waals surface area contributed by atoms with E-state index in [1.165, 1.54) is 0 Å². The molecule has 0 amide bonds. The molecule has 2 aromatic heterocycles. The van der Waals surface area contributed by atoms with Crippen LogP contribution in [0.15, 0.2) is 24.7 Å². The van der Waals surface area contributed by atoms with Crippen molar-refractivity contribution in [2.75, 3.05) is 0 Å². The van der Waals surface area contributed by atoms with Crippen molar-refractivity contribution in [1.82, 2.24) is 9.97 Å². The summed E-state index contributed by atoms with van der Waals surface area (Å²) in [6.07, 6.45) is 5.06. The molecule has 2 rings (SSSR count). The summed E-state index contributed by atoms with van der Waals surface area (Å²) in [4.78, 5) is 8.23. The lowest BCUT2D eigenvalue weighted by Crippen LogP contribution is -1.86. The first kappa shape index (κ1) is 7.69. The average molecular weight is 169 g/mol. The van der Waals surface area contributed by atoms with Gasteiger partial charge in [-0.1, -0.05) is 0 Å². The van der Waals surface area contributed by atoms with E-state index in [-0.39, 0.29) is 0 Å². The van der Waals surface area contributed by atoms with E-state index in [2.05, 4.69) is 9.97 Å². The number of rotatable bonds is 0. The van der Waals surface area contributed by atoms with Crippen LogP contribution in [-0.4, -0.2) is 9.97 Å². The third-order valence-corrected chi connectivity index (χ3v) is 1.90. The van der Waals surface area contributed by atoms with E-state index in [9.17, 15) is 0 Å². The van der Waals surface area contributed by atoms with Gasteiger partial charge in [-0.3, -0.25) is 9.97 Å². The van der Waals surface area contributed by atoms with Crippen LogP contribution >= 0.6 is 0 Å². The quantitative estimate of drug-likeness (QED) is 0.604. The summed E-state index contributed by atoms with van der Waals surface area (Å²) in [7, 11) is 0. The first-order valence-electron chi connectivity index (χ1n) is 3.92. The Morgan fingerprint density at radius 1 is 1.31 bits per heavy atom. The van der Waals surface area contributed by atoms with Gasteiger partial charge in [0.25, 0.3) is 0 Å². The van der Waals surface area contributed by atoms with Crippen molar-refractivity contribution in [2.45, 2.75) is 6.92 Å². The molecule has 0 saturated heterocycles. The maximum absolute atomic E-state index is 8.66. The SMILES string of the molecule is Cc1cncc2cc(C#N)cnc12. The summed E-state index contributed by atoms with van der Waals surface area (Å²) in [6.45, 7) is 1.95. The van der Waals surface area contributed by atoms with Crippen LogP contribution in [0.4, 0.5) is 0 Å². The van der Waals surface area contributed by atoms with E-state index in [1.807, 2.05) is 13.0 Å². The molecule has 0 bridgehead atoms. The zero-order valence-electron chi connectivity index (χ0n) is 7.15. The van der Waals surface area contributed by atoms with Crippen LogP contribution in [0.5, 0.6) is 0 Å². The smallest absolute Gasteiger partial charge is 0.101 e. The molecule has 0 N–H and O–H groups in total. The Kier molecular flexibility index (Phi) is 1.67. The second-order valence-corrected chi connectivity index (χ2v) is 2.86. The average Bonchev–Trinajstić information content (AvgIpc) is 2.18. The molecule has 0 unspecified atom stereocenters. The summed E-state index contributed by atoms with van der Waals surface area (Å²) in [6, 6.07) is 3.84. The third-order valence-electron chi connectivity index (χ3n) is 1.90. The molecule has 3 nitrogen and oxygen atoms in total. The number of aromatic nitrogens is 2. The van der Waals surface area contributed by atoms with Crippen molar-refractivity contribution >= 4 is 10.9 Å². The highest BCUT2D eigenvalue weighted by molar-refractivity contribution is 5.81. The Hall–Kier alpha value is -1.95. The molecule has 0 saturated carbocycles. The van der Waals surface area contributed by atoms with Gasteiger partial charge in [0.2, 0.25) is 0 Å². The Morgan fingerprint density at radius 2 is 2.15 bits per heavy atom. The summed E-state index contributed by atoms with van der Waals surface area (Å²) >= 11 is 0. The number of hydrogen-bond donors (Lipinski definition) is 0. The highest BCUT2D eigenvalue weighted by atomic mass is 14.7. The molecule has 13 heavy (non-hydrogen) atoms. The number of fused-ring (bicyclic) bond motifs is 1. The molecular formula is C10H7N3. The molecule has 2 aromatic rings. The lowest BCUT2D eigenvalue weighted by Gasteiger charge is -1.98. The summed E-state index contributed by atoms with van der Waals surface area (Å²) in [5.41, 5.74) is 2.51. The second-order valence-electron chi connectivity index (χ2n) is 2.86. The topological polar surface area (TPSA) is 49.6 Å². The maximum Gasteiger partial charge on any atom is 0.101 e. The number of hydrogen-bond acceptors (Lipinski definition) is 3. The minimum Gasteiger partial charge on any atom is -0.264 e. The number of pyridine rings is 2. The Morgan fingerprint density at radius 3 is 2.92 bits per heavy atom. The van der Waals surface area contributed by atoms with Crippen LogP contribution in [0, 0.1) is 18.3 Å². The van der Waals surface area contributed by atoms with Crippen LogP contribution in [0.25, 0.3) is 10.9 Å². The van der Waals surface area contributed by atoms with Crippen LogP contribution < -0.4 is 0 Å². The molecule has 0 spiro atoms. The van der Waals surface area contributed by atoms with Crippen LogP contribution in [0.2, 0.25) is 0 Å². The monoisotopic (exact) mass is 169 g/mol. The lowest BCUT2D eigenvalue weighted by molar-refractivity contribution is 1.26. The third kappa shape index (κ3) is 1.23. The number of nitriles is 1. The summed E-state index contributed by atoms with van der Waals surface area (Å²) in [5, 5.41) is 9.57. The first-order valence-corrected chi connectivity index (χ1v) is 3.92. The molecule has 2 heterocycles. The van der Waals surface area contributed by atoms with Crippen molar-refractivity contribution in [3.05, 3.63) is 35.8 Å². The van der Waals surface area contributed by atoms with Gasteiger partial charge >= 0.3 is 0 Å². The number of nitrogens with zero attached hydrogens (tertiary/aromatic N) is 3. The van der Waals surface area contributed by atoms with Gasteiger partial charge in [0.05, 0.1) is 11.1 Å². The van der Waals surface area contributed by atoms with Crippen LogP contribution in [-0.2, 0) is 0 Å². The van der Waals surface area contributed by atoms with Gasteiger partial charge < -0.3 is 0 Å². The van der Waals surface area contributed by atoms with Crippen molar-refractivity contribution < 1.29 is 0 Å². The van der Waals surface area contributed by atoms with Crippen molar-refractivity contribution in [1.29, 1.82) is 5.26 Å². The normalized spacial score (nSPS) is 9.85. The van der Waals surface area contributed by atoms with Gasteiger partial charge in [-0.05, 0) is 18.6 Å². The fraction of sp³-hybridized carbons (Fsp3) is 0.100. The Labute approximate surface area is 75.7 Å². The predicted octanol–water partition coefficient (Wildman–Crippen LogP) is 1.81. The molecule has 0 aliphatic rings. The zero-order valence-corrected chi connectivity index (χ0v) is 7.15. The summed E-state index contributed by atoms with van der Waals surface area (Å²) in [5.74, 6) is 0. The number of aryl methyl sites for hydroxylation is 1. The summed E-state index contributed by atoms with van der Waals surface area (Å²) < 4.78 is 0. The zero-order chi connectivity index (χ0) is 9.26. The fourth-order valence-electron chi connectivity index (χ4n) is 1.26. The minimum atomic E-state index is 0.569. The van der Waals surface area contributed by atoms with Crippen LogP contribution in [0.3, 0.4) is 0 Å². The van der Waals surface area contributed by atoms with E-state index in [0.29, 0.717) is 5.56 Å². The molecule has 0 fully saturated rings. The maximum atomic E-state index is 8.66. The lowest BCUT2D eigenvalue weighted by atomic mass is 10.1. The van der Waals surface area contributed by atoms with E-state index in [1.54, 1.807) is 24.7 Å². The fourth-order valence-corrected chi connectivity index (χ4v) is 1.26. The molecule has 0 aliphatic carbocycles. The van der Waals surface area contributed by atoms with Crippen molar-refractivity contribution in [2.24, 2.45) is 0 Å². The van der Waals surface area contributed by atoms with E-state index < -0.39 is 0 Å².